The number of piperazine rings is 1. The zero-order valence-electron chi connectivity index (χ0n) is 87.9. The number of aliphatic hydroxyl groups is 3. The molecule has 33 heteroatoms. The molecule has 0 unspecified atom stereocenters. The highest BCUT2D eigenvalue weighted by atomic mass is 16.6. The van der Waals surface area contributed by atoms with Crippen molar-refractivity contribution in [2.45, 2.75) is 259 Å². The molecule has 4 aromatic heterocycles. The van der Waals surface area contributed by atoms with Crippen molar-refractivity contribution < 1.29 is 110 Å². The van der Waals surface area contributed by atoms with Crippen molar-refractivity contribution in [1.82, 2.24) is 34.0 Å². The fourth-order valence-electron chi connectivity index (χ4n) is 19.1. The van der Waals surface area contributed by atoms with Crippen LogP contribution in [0.15, 0.2) is 126 Å². The molecule has 8 heterocycles. The molecule has 3 saturated heterocycles. The molecular formula is C110H163N9O24. The Hall–Kier alpha value is -9.27. The number of aryl methyl sites for hydroxylation is 4. The number of nitrogens with zero attached hydrogens (tertiary/aromatic N) is 9. The van der Waals surface area contributed by atoms with Gasteiger partial charge in [-0.1, -0.05) is 97.1 Å². The van der Waals surface area contributed by atoms with E-state index < -0.39 is 90.0 Å². The van der Waals surface area contributed by atoms with Gasteiger partial charge in [-0.3, -0.25) is 43.1 Å². The molecule has 4 fully saturated rings. The molecule has 792 valence electrons. The molecule has 11 rings (SSSR count). The number of rotatable bonds is 40. The van der Waals surface area contributed by atoms with Crippen molar-refractivity contribution in [2.75, 3.05) is 171 Å². The van der Waals surface area contributed by atoms with Gasteiger partial charge in [0.25, 0.3) is 11.7 Å². The Labute approximate surface area is 845 Å². The second-order valence-corrected chi connectivity index (χ2v) is 38.7. The number of hydrogen-bond donors (Lipinski definition) is 3. The van der Waals surface area contributed by atoms with E-state index in [1.165, 1.54) is 12.0 Å². The van der Waals surface area contributed by atoms with Crippen LogP contribution in [0.1, 0.15) is 195 Å². The van der Waals surface area contributed by atoms with E-state index >= 15 is 0 Å². The van der Waals surface area contributed by atoms with Gasteiger partial charge in [0, 0.05) is 186 Å². The number of benzene rings is 2. The first-order chi connectivity index (χ1) is 68.9. The number of hydrogen-bond acceptors (Lipinski definition) is 30. The number of ketones is 3. The van der Waals surface area contributed by atoms with Crippen LogP contribution in [0.3, 0.4) is 0 Å². The molecule has 143 heavy (non-hydrogen) atoms. The molecule has 0 radical (unpaired) electrons. The molecule has 1 aliphatic carbocycles. The topological polar surface area (TPSA) is 381 Å². The molecule has 6 aromatic rings. The number of carbonyl (C=O) groups is 6. The van der Waals surface area contributed by atoms with Crippen LogP contribution < -0.4 is 15.5 Å². The number of pyridine rings is 2. The molecular weight excluding hydrogens is 1830 g/mol. The van der Waals surface area contributed by atoms with Gasteiger partial charge >= 0.3 is 17.6 Å². The number of methoxy groups -OCH3 is 5. The smallest absolute Gasteiger partial charge is 0.333 e. The molecule has 2 aromatic carbocycles. The number of aliphatic hydroxyl groups excluding tert-OH is 2. The minimum Gasteiger partial charge on any atom is -0.460 e. The normalized spacial score (nSPS) is 25.7. The fraction of sp³-hybridized carbons (Fsp3) is 0.645. The van der Waals surface area contributed by atoms with Crippen LogP contribution in [0.2, 0.25) is 0 Å². The second-order valence-electron chi connectivity index (χ2n) is 38.7. The third-order valence-corrected chi connectivity index (χ3v) is 27.6. The van der Waals surface area contributed by atoms with E-state index in [-0.39, 0.29) is 72.9 Å². The predicted octanol–water partition coefficient (Wildman–Crippen LogP) is 14.1. The Bertz CT molecular complexity index is 5070. The summed E-state index contributed by atoms with van der Waals surface area (Å²) in [6, 6.07) is 15.4. The standard InChI is InChI=1S/C56H89NO15.C38H40N8O3.C16H34O6/c1-34-18-13-12-14-19-35(2)46(67-9)32-42-24-22-40(7)56(65,72-42)53(62)54(63)57-26-16-15-20-43(57)55(64)71-47(33-44(58)36(3)29-39(6)51(61)52(69-11)50(60)38(5)28-34)37(4)30-41-23-25-45(48(31-41)68-10)70-49(59)21-17-27-66-8;1-25-19-30(9-12-34(25)44-14-16-45(17-15-44)37-41-21-27(22-42-37)6-10-31(47)13-18-49-4)46-36-32-20-28(29-7-5-26(2)39-23-29)8-11-33(32)40-24-35(36)43(3)38(46)48;1-3-5-17-7-9-19-11-13-21-15-16-22-14-12-20-10-8-18-6-4-2/h12-14,18-19,29,34,36-38,40-48,51-52,58,61,65H,15-17,20-28,30-33H2,1-11H3;5,7-9,11-12,19-24H,6,10,13-18H2,1-4H3;3-16H2,1-2H3/b14-12+,18-13+,35-19+,39-29+;;/t34-,36-,37-,38-,40-,41+,42+,43+,44-,45-,46+,47+,48-,51-,52+,56-;;/m1../s1. The number of amides is 1. The number of Topliss-reactive ketones (excluding diaryl/α,β-unsaturated/α-hetero) is 3. The highest BCUT2D eigenvalue weighted by Gasteiger charge is 2.53. The minimum absolute atomic E-state index is 0.0103. The first kappa shape index (κ1) is 117. The summed E-state index contributed by atoms with van der Waals surface area (Å²) in [6.07, 6.45) is 22.4. The SMILES string of the molecule is CCCOCCOCCOCCOCCOCCOCCC.COCCC(=O)CCc1cnc(N2CCN(c3ccc(-n4c(=O)n(C)c5cnc6ccc(-c7ccc(C)nc7)cc6c54)cc3C)CC2)nc1.COCCCC(=O)O[C@@H]1CC[C@@H](C[C@@H](C)[C@@H]2C[C@@H](O)[C@H](C)/C=C(\C)[C@@H](O)[C@@H](OC)C(=O)[C@H](C)C[C@H](C)/C=C/C=C/C=C(\C)[C@@H](OC)C[C@@H]3CC[C@@H](C)[C@@](O)(O3)C(=O)C(=O)N3CCCC[C@H]3C(=O)O2)C[C@H]1OC. The van der Waals surface area contributed by atoms with Crippen LogP contribution in [0, 0.1) is 49.4 Å². The number of imidazole rings is 1. The van der Waals surface area contributed by atoms with Gasteiger partial charge in [-0.2, -0.15) is 0 Å². The molecule has 0 spiro atoms. The van der Waals surface area contributed by atoms with Gasteiger partial charge in [-0.15, -0.1) is 0 Å². The second kappa shape index (κ2) is 61.4. The monoisotopic (exact) mass is 1990 g/mol. The van der Waals surface area contributed by atoms with E-state index in [4.69, 9.17) is 71.3 Å². The molecule has 4 aliphatic heterocycles. The van der Waals surface area contributed by atoms with E-state index in [9.17, 15) is 48.9 Å². The van der Waals surface area contributed by atoms with E-state index in [1.807, 2.05) is 106 Å². The van der Waals surface area contributed by atoms with E-state index in [0.29, 0.717) is 181 Å². The van der Waals surface area contributed by atoms with Crippen molar-refractivity contribution in [3.8, 4) is 16.8 Å². The molecule has 1 saturated carbocycles. The maximum Gasteiger partial charge on any atom is 0.333 e. The number of allylic oxidation sites excluding steroid dienone is 5. The number of aromatic nitrogens is 6. The lowest BCUT2D eigenvalue weighted by Crippen LogP contribution is -2.61. The Balaban J connectivity index is 0.000000274. The molecule has 2 bridgehead atoms. The van der Waals surface area contributed by atoms with Crippen molar-refractivity contribution in [1.29, 1.82) is 0 Å². The number of ether oxygens (including phenoxy) is 14. The summed E-state index contributed by atoms with van der Waals surface area (Å²) in [5.74, 6) is -6.93. The lowest BCUT2D eigenvalue weighted by atomic mass is 9.78. The number of fused-ring (bicyclic) bond motifs is 6. The van der Waals surface area contributed by atoms with Gasteiger partial charge in [0.2, 0.25) is 11.7 Å². The highest BCUT2D eigenvalue weighted by molar-refractivity contribution is 6.39. The quantitative estimate of drug-likeness (QED) is 0.0139. The van der Waals surface area contributed by atoms with Crippen molar-refractivity contribution in [3.63, 3.8) is 0 Å². The minimum atomic E-state index is -2.44. The zero-order chi connectivity index (χ0) is 103. The summed E-state index contributed by atoms with van der Waals surface area (Å²) in [6.45, 7) is 33.0. The van der Waals surface area contributed by atoms with Crippen molar-refractivity contribution in [3.05, 3.63) is 148 Å². The summed E-state index contributed by atoms with van der Waals surface area (Å²) in [5.41, 5.74) is 10.7. The summed E-state index contributed by atoms with van der Waals surface area (Å²) in [4.78, 5) is 120. The van der Waals surface area contributed by atoms with E-state index in [2.05, 4.69) is 75.9 Å². The largest absolute Gasteiger partial charge is 0.460 e. The molecule has 5 aliphatic rings. The van der Waals surface area contributed by atoms with Gasteiger partial charge in [0.1, 0.15) is 36.2 Å². The Kier molecular flexibility index (Phi) is 50.3. The number of carbonyl (C=O) groups excluding carboxylic acids is 6. The highest BCUT2D eigenvalue weighted by Crippen LogP contribution is 2.40. The van der Waals surface area contributed by atoms with Crippen molar-refractivity contribution in [2.24, 2.45) is 42.6 Å². The predicted molar refractivity (Wildman–Crippen MR) is 549 cm³/mol. The first-order valence-corrected chi connectivity index (χ1v) is 51.6. The molecule has 33 nitrogen and oxygen atoms in total. The van der Waals surface area contributed by atoms with Gasteiger partial charge in [0.05, 0.1) is 126 Å². The Morgan fingerprint density at radius 3 is 1.87 bits per heavy atom. The maximum absolute atomic E-state index is 14.6. The van der Waals surface area contributed by atoms with Gasteiger partial charge in [-0.05, 0) is 200 Å². The lowest BCUT2D eigenvalue weighted by Gasteiger charge is -2.43. The molecule has 16 atom stereocenters. The summed E-state index contributed by atoms with van der Waals surface area (Å²) >= 11 is 0. The first-order valence-electron chi connectivity index (χ1n) is 51.6. The van der Waals surface area contributed by atoms with E-state index in [0.717, 1.165) is 119 Å². The average molecular weight is 2000 g/mol. The van der Waals surface area contributed by atoms with Gasteiger partial charge in [0.15, 0.2) is 5.78 Å². The average Bonchev–Trinajstić information content (AvgIpc) is 1.58. The zero-order valence-corrected chi connectivity index (χ0v) is 87.9. The van der Waals surface area contributed by atoms with E-state index in [1.54, 1.807) is 73.1 Å². The van der Waals surface area contributed by atoms with Gasteiger partial charge < -0.3 is 96.3 Å². The van der Waals surface area contributed by atoms with Crippen LogP contribution in [-0.2, 0) is 109 Å². The maximum atomic E-state index is 14.6. The number of cyclic esters (lactones) is 1. The molecule has 3 N–H and O–H groups in total. The van der Waals surface area contributed by atoms with Crippen LogP contribution in [0.25, 0.3) is 38.8 Å². The molecule has 1 amide bonds. The third kappa shape index (κ3) is 35.5. The fourth-order valence-corrected chi connectivity index (χ4v) is 19.1. The Morgan fingerprint density at radius 2 is 1.26 bits per heavy atom. The van der Waals surface area contributed by atoms with Crippen LogP contribution >= 0.6 is 0 Å². The van der Waals surface area contributed by atoms with Crippen molar-refractivity contribution >= 4 is 68.8 Å². The third-order valence-electron chi connectivity index (χ3n) is 27.6. The summed E-state index contributed by atoms with van der Waals surface area (Å²) < 4.78 is 81.3. The Morgan fingerprint density at radius 1 is 0.608 bits per heavy atom. The van der Waals surface area contributed by atoms with Gasteiger partial charge in [-0.25, -0.2) is 19.6 Å². The number of esters is 2. The summed E-state index contributed by atoms with van der Waals surface area (Å²) in [7, 11) is 9.55. The lowest BCUT2D eigenvalue weighted by molar-refractivity contribution is -0.265. The van der Waals surface area contributed by atoms with Crippen LogP contribution in [0.4, 0.5) is 11.6 Å². The summed E-state index contributed by atoms with van der Waals surface area (Å²) in [5, 5.41) is 36.4. The number of anilines is 2. The van der Waals surface area contributed by atoms with Crippen LogP contribution in [0.5, 0.6) is 0 Å². The van der Waals surface area contributed by atoms with Crippen LogP contribution in [-0.4, -0.2) is 306 Å². The number of piperidine rings is 1.